The second-order valence-corrected chi connectivity index (χ2v) is 3.56. The van der Waals surface area contributed by atoms with Crippen molar-refractivity contribution in [1.29, 1.82) is 0 Å². The van der Waals surface area contributed by atoms with Gasteiger partial charge >= 0.3 is 0 Å². The zero-order chi connectivity index (χ0) is 10.4. The molecule has 0 radical (unpaired) electrons. The molecule has 0 bridgehead atoms. The number of carbonyl (C=O) groups is 1. The molecule has 1 rings (SSSR count). The minimum Gasteiger partial charge on any atom is -0.282 e. The summed E-state index contributed by atoms with van der Waals surface area (Å²) in [6.07, 6.45) is 7.43. The van der Waals surface area contributed by atoms with Gasteiger partial charge in [-0.15, -0.1) is 12.6 Å². The summed E-state index contributed by atoms with van der Waals surface area (Å²) in [6.45, 7) is 2.16. The van der Waals surface area contributed by atoms with Crippen LogP contribution in [0.2, 0.25) is 0 Å². The number of thiol groups is 1. The lowest BCUT2D eigenvalue weighted by molar-refractivity contribution is 0.109. The standard InChI is InChI=1S/C10H14N2OS/c1-2-3-4-5-9-11-6-8(7-12-9)10(13)14/h6-7H,2-5H2,1H3,(H,13,14). The van der Waals surface area contributed by atoms with Crippen molar-refractivity contribution in [2.45, 2.75) is 32.6 Å². The van der Waals surface area contributed by atoms with E-state index in [0.29, 0.717) is 5.56 Å². The van der Waals surface area contributed by atoms with E-state index in [0.717, 1.165) is 18.7 Å². The first-order valence-electron chi connectivity index (χ1n) is 4.78. The Morgan fingerprint density at radius 2 is 2.00 bits per heavy atom. The highest BCUT2D eigenvalue weighted by Crippen LogP contribution is 2.04. The molecule has 0 spiro atoms. The van der Waals surface area contributed by atoms with Crippen molar-refractivity contribution < 1.29 is 4.79 Å². The van der Waals surface area contributed by atoms with E-state index in [1.807, 2.05) is 0 Å². The normalized spacial score (nSPS) is 10.1. The third-order valence-corrected chi connectivity index (χ3v) is 2.21. The van der Waals surface area contributed by atoms with E-state index in [4.69, 9.17) is 0 Å². The Bertz CT molecular complexity index is 297. The molecule has 1 aromatic rings. The average molecular weight is 210 g/mol. The number of hydrogen-bond acceptors (Lipinski definition) is 3. The zero-order valence-electron chi connectivity index (χ0n) is 8.23. The van der Waals surface area contributed by atoms with Crippen LogP contribution in [0.15, 0.2) is 12.4 Å². The van der Waals surface area contributed by atoms with E-state index in [9.17, 15) is 4.79 Å². The van der Waals surface area contributed by atoms with Crippen molar-refractivity contribution in [1.82, 2.24) is 9.97 Å². The molecule has 76 valence electrons. The molecular weight excluding hydrogens is 196 g/mol. The van der Waals surface area contributed by atoms with Crippen LogP contribution in [0.4, 0.5) is 0 Å². The van der Waals surface area contributed by atoms with Crippen LogP contribution in [-0.4, -0.2) is 15.1 Å². The first-order valence-corrected chi connectivity index (χ1v) is 5.23. The number of rotatable bonds is 5. The van der Waals surface area contributed by atoms with E-state index in [2.05, 4.69) is 29.5 Å². The highest BCUT2D eigenvalue weighted by atomic mass is 32.1. The predicted molar refractivity (Wildman–Crippen MR) is 58.6 cm³/mol. The summed E-state index contributed by atoms with van der Waals surface area (Å²) in [6, 6.07) is 0. The molecule has 0 aliphatic carbocycles. The van der Waals surface area contributed by atoms with Gasteiger partial charge in [-0.3, -0.25) is 4.79 Å². The van der Waals surface area contributed by atoms with Gasteiger partial charge in [-0.2, -0.15) is 0 Å². The summed E-state index contributed by atoms with van der Waals surface area (Å²) in [7, 11) is 0. The lowest BCUT2D eigenvalue weighted by atomic mass is 10.2. The van der Waals surface area contributed by atoms with Crippen LogP contribution < -0.4 is 0 Å². The van der Waals surface area contributed by atoms with E-state index in [1.54, 1.807) is 0 Å². The molecule has 1 aromatic heterocycles. The smallest absolute Gasteiger partial charge is 0.219 e. The molecule has 3 nitrogen and oxygen atoms in total. The summed E-state index contributed by atoms with van der Waals surface area (Å²) < 4.78 is 0. The second-order valence-electron chi connectivity index (χ2n) is 3.15. The Hall–Kier alpha value is -0.900. The number of aromatic nitrogens is 2. The third kappa shape index (κ3) is 3.46. The molecule has 0 saturated heterocycles. The lowest BCUT2D eigenvalue weighted by Crippen LogP contribution is -1.98. The summed E-state index contributed by atoms with van der Waals surface area (Å²) in [5.41, 5.74) is 0.451. The van der Waals surface area contributed by atoms with Crippen molar-refractivity contribution in [3.05, 3.63) is 23.8 Å². The number of nitrogens with zero attached hydrogens (tertiary/aromatic N) is 2. The number of unbranched alkanes of at least 4 members (excludes halogenated alkanes) is 2. The second kappa shape index (κ2) is 5.75. The quantitative estimate of drug-likeness (QED) is 0.599. The highest BCUT2D eigenvalue weighted by Gasteiger charge is 2.01. The van der Waals surface area contributed by atoms with Crippen LogP contribution in [0.1, 0.15) is 42.4 Å². The van der Waals surface area contributed by atoms with Gasteiger partial charge in [-0.05, 0) is 6.42 Å². The molecule has 0 unspecified atom stereocenters. The highest BCUT2D eigenvalue weighted by molar-refractivity contribution is 7.97. The van der Waals surface area contributed by atoms with E-state index >= 15 is 0 Å². The summed E-state index contributed by atoms with van der Waals surface area (Å²) in [5, 5.41) is -0.287. The van der Waals surface area contributed by atoms with Crippen molar-refractivity contribution in [2.75, 3.05) is 0 Å². The first kappa shape index (κ1) is 11.2. The largest absolute Gasteiger partial charge is 0.282 e. The fourth-order valence-corrected chi connectivity index (χ4v) is 1.24. The van der Waals surface area contributed by atoms with Crippen LogP contribution in [0, 0.1) is 0 Å². The van der Waals surface area contributed by atoms with Gasteiger partial charge in [0.2, 0.25) is 5.12 Å². The van der Waals surface area contributed by atoms with Gasteiger partial charge in [0.05, 0.1) is 5.56 Å². The van der Waals surface area contributed by atoms with Gasteiger partial charge in [0, 0.05) is 18.8 Å². The molecule has 0 fully saturated rings. The van der Waals surface area contributed by atoms with Gasteiger partial charge in [-0.1, -0.05) is 19.8 Å². The summed E-state index contributed by atoms with van der Waals surface area (Å²) in [5.74, 6) is 0.803. The maximum absolute atomic E-state index is 10.8. The van der Waals surface area contributed by atoms with E-state index in [1.165, 1.54) is 25.2 Å². The Kier molecular flexibility index (Phi) is 4.59. The number of aryl methyl sites for hydroxylation is 1. The fourth-order valence-electron chi connectivity index (χ4n) is 1.13. The Morgan fingerprint density at radius 1 is 1.36 bits per heavy atom. The van der Waals surface area contributed by atoms with Crippen molar-refractivity contribution in [3.8, 4) is 0 Å². The third-order valence-electron chi connectivity index (χ3n) is 1.96. The first-order chi connectivity index (χ1) is 6.74. The Morgan fingerprint density at radius 3 is 2.50 bits per heavy atom. The van der Waals surface area contributed by atoms with Gasteiger partial charge in [0.1, 0.15) is 5.82 Å². The molecule has 0 atom stereocenters. The van der Waals surface area contributed by atoms with Gasteiger partial charge < -0.3 is 0 Å². The van der Waals surface area contributed by atoms with Crippen molar-refractivity contribution >= 4 is 17.7 Å². The minimum atomic E-state index is -0.287. The van der Waals surface area contributed by atoms with Gasteiger partial charge in [-0.25, -0.2) is 9.97 Å². The molecule has 0 aromatic carbocycles. The zero-order valence-corrected chi connectivity index (χ0v) is 9.13. The monoisotopic (exact) mass is 210 g/mol. The molecular formula is C10H14N2OS. The lowest BCUT2D eigenvalue weighted by Gasteiger charge is -1.99. The molecule has 0 amide bonds. The maximum atomic E-state index is 10.8. The van der Waals surface area contributed by atoms with Gasteiger partial charge in [0.25, 0.3) is 0 Å². The summed E-state index contributed by atoms with van der Waals surface area (Å²) in [4.78, 5) is 19.0. The van der Waals surface area contributed by atoms with Crippen molar-refractivity contribution in [2.24, 2.45) is 0 Å². The predicted octanol–water partition coefficient (Wildman–Crippen LogP) is 2.28. The molecule has 0 N–H and O–H groups in total. The average Bonchev–Trinajstić information content (AvgIpc) is 2.19. The molecule has 0 aliphatic heterocycles. The maximum Gasteiger partial charge on any atom is 0.219 e. The molecule has 14 heavy (non-hydrogen) atoms. The minimum absolute atomic E-state index is 0.287. The molecule has 0 aliphatic rings. The Labute approximate surface area is 89.4 Å². The SMILES string of the molecule is CCCCCc1ncc(C(=O)S)cn1. The van der Waals surface area contributed by atoms with Gasteiger partial charge in [0.15, 0.2) is 0 Å². The van der Waals surface area contributed by atoms with Crippen LogP contribution >= 0.6 is 12.6 Å². The molecule has 1 heterocycles. The van der Waals surface area contributed by atoms with Crippen LogP contribution in [0.5, 0.6) is 0 Å². The topological polar surface area (TPSA) is 42.9 Å². The van der Waals surface area contributed by atoms with Crippen LogP contribution in [0.3, 0.4) is 0 Å². The number of carbonyl (C=O) groups excluding carboxylic acids is 1. The van der Waals surface area contributed by atoms with E-state index < -0.39 is 0 Å². The van der Waals surface area contributed by atoms with E-state index in [-0.39, 0.29) is 5.12 Å². The van der Waals surface area contributed by atoms with Crippen LogP contribution in [-0.2, 0) is 6.42 Å². The molecule has 4 heteroatoms. The molecule has 0 saturated carbocycles. The summed E-state index contributed by atoms with van der Waals surface area (Å²) >= 11 is 3.69. The van der Waals surface area contributed by atoms with Crippen molar-refractivity contribution in [3.63, 3.8) is 0 Å². The Balaban J connectivity index is 2.51. The van der Waals surface area contributed by atoms with Crippen LogP contribution in [0.25, 0.3) is 0 Å². The fraction of sp³-hybridized carbons (Fsp3) is 0.500. The number of hydrogen-bond donors (Lipinski definition) is 1.